The van der Waals surface area contributed by atoms with Crippen LogP contribution in [0.3, 0.4) is 0 Å². The van der Waals surface area contributed by atoms with Crippen LogP contribution in [0.15, 0.2) is 73.3 Å². The number of benzene rings is 1. The summed E-state index contributed by atoms with van der Waals surface area (Å²) in [5, 5.41) is 7.75. The van der Waals surface area contributed by atoms with Gasteiger partial charge in [-0.05, 0) is 30.3 Å². The first-order valence-corrected chi connectivity index (χ1v) is 8.74. The first kappa shape index (κ1) is 17.1. The number of amides is 1. The molecule has 1 aromatic carbocycles. The molecule has 1 amide bonds. The van der Waals surface area contributed by atoms with Crippen LogP contribution in [0.5, 0.6) is 0 Å². The van der Waals surface area contributed by atoms with Crippen LogP contribution in [0, 0.1) is 0 Å². The highest BCUT2D eigenvalue weighted by Gasteiger charge is 2.04. The van der Waals surface area contributed by atoms with Crippen molar-refractivity contribution in [3.8, 4) is 5.69 Å². The van der Waals surface area contributed by atoms with Crippen LogP contribution in [0.1, 0.15) is 11.3 Å². The summed E-state index contributed by atoms with van der Waals surface area (Å²) in [4.78, 5) is 16.5. The van der Waals surface area contributed by atoms with Gasteiger partial charge in [0.1, 0.15) is 5.65 Å². The summed E-state index contributed by atoms with van der Waals surface area (Å²) in [5.74, 6) is -0.197. The third-order valence-corrected chi connectivity index (χ3v) is 4.18. The summed E-state index contributed by atoms with van der Waals surface area (Å²) in [6, 6.07) is 13.4. The molecule has 4 aromatic rings. The monoisotopic (exact) mass is 377 g/mol. The summed E-state index contributed by atoms with van der Waals surface area (Å²) in [6.07, 6.45) is 10.4. The molecule has 6 nitrogen and oxygen atoms in total. The van der Waals surface area contributed by atoms with Crippen LogP contribution >= 0.6 is 11.6 Å². The minimum Gasteiger partial charge on any atom is -0.347 e. The molecule has 1 N–H and O–H groups in total. The lowest BCUT2D eigenvalue weighted by molar-refractivity contribution is -0.116. The van der Waals surface area contributed by atoms with Gasteiger partial charge in [-0.1, -0.05) is 29.8 Å². The minimum atomic E-state index is -0.197. The topological polar surface area (TPSA) is 64.2 Å². The Labute approximate surface area is 160 Å². The van der Waals surface area contributed by atoms with Crippen LogP contribution in [-0.4, -0.2) is 25.1 Å². The van der Waals surface area contributed by atoms with Gasteiger partial charge < -0.3 is 9.72 Å². The summed E-state index contributed by atoms with van der Waals surface area (Å²) >= 11 is 5.96. The van der Waals surface area contributed by atoms with Crippen LogP contribution in [-0.2, 0) is 11.3 Å². The number of imidazole rings is 1. The lowest BCUT2D eigenvalue weighted by atomic mass is 10.3. The quantitative estimate of drug-likeness (QED) is 0.541. The first-order valence-electron chi connectivity index (χ1n) is 8.36. The van der Waals surface area contributed by atoms with E-state index in [1.165, 1.54) is 6.08 Å². The van der Waals surface area contributed by atoms with Gasteiger partial charge in [-0.25, -0.2) is 9.67 Å². The number of hydrogen-bond acceptors (Lipinski definition) is 3. The number of hydrogen-bond donors (Lipinski definition) is 1. The van der Waals surface area contributed by atoms with E-state index in [1.807, 2.05) is 53.2 Å². The summed E-state index contributed by atoms with van der Waals surface area (Å²) in [5.41, 5.74) is 3.35. The second-order valence-corrected chi connectivity index (χ2v) is 6.39. The highest BCUT2D eigenvalue weighted by molar-refractivity contribution is 6.30. The van der Waals surface area contributed by atoms with Crippen molar-refractivity contribution in [2.24, 2.45) is 0 Å². The van der Waals surface area contributed by atoms with E-state index in [0.717, 1.165) is 22.6 Å². The van der Waals surface area contributed by atoms with Crippen molar-refractivity contribution >= 4 is 29.2 Å². The summed E-state index contributed by atoms with van der Waals surface area (Å²) in [6.45, 7) is 0.339. The molecule has 0 fully saturated rings. The van der Waals surface area contributed by atoms with Crippen molar-refractivity contribution in [3.63, 3.8) is 0 Å². The molecule has 0 atom stereocenters. The Morgan fingerprint density at radius 2 is 1.96 bits per heavy atom. The number of carbonyl (C=O) groups excluding carboxylic acids is 1. The third-order valence-electron chi connectivity index (χ3n) is 3.96. The van der Waals surface area contributed by atoms with E-state index in [-0.39, 0.29) is 5.91 Å². The number of nitrogens with zero attached hydrogens (tertiary/aromatic N) is 4. The van der Waals surface area contributed by atoms with Crippen LogP contribution in [0.2, 0.25) is 5.02 Å². The minimum absolute atomic E-state index is 0.197. The van der Waals surface area contributed by atoms with E-state index in [1.54, 1.807) is 29.2 Å². The SMILES string of the molecule is O=C(/C=C/c1cnn(-c2ccccc2)c1)NCc1cn2cc(Cl)ccc2n1. The molecular formula is C20H16ClN5O. The first-order chi connectivity index (χ1) is 13.2. The van der Waals surface area contributed by atoms with Gasteiger partial charge in [-0.15, -0.1) is 0 Å². The van der Waals surface area contributed by atoms with Gasteiger partial charge in [0.2, 0.25) is 5.91 Å². The molecule has 0 saturated heterocycles. The zero-order chi connectivity index (χ0) is 18.6. The molecule has 0 spiro atoms. The fraction of sp³-hybridized carbons (Fsp3) is 0.0500. The highest BCUT2D eigenvalue weighted by atomic mass is 35.5. The predicted octanol–water partition coefficient (Wildman–Crippen LogP) is 3.50. The molecule has 0 radical (unpaired) electrons. The zero-order valence-corrected chi connectivity index (χ0v) is 15.0. The summed E-state index contributed by atoms with van der Waals surface area (Å²) in [7, 11) is 0. The van der Waals surface area contributed by atoms with Gasteiger partial charge in [0.05, 0.1) is 29.1 Å². The maximum absolute atomic E-state index is 12.1. The largest absolute Gasteiger partial charge is 0.347 e. The number of para-hydroxylation sites is 1. The van der Waals surface area contributed by atoms with E-state index < -0.39 is 0 Å². The van der Waals surface area contributed by atoms with Gasteiger partial charge >= 0.3 is 0 Å². The normalized spacial score (nSPS) is 11.3. The predicted molar refractivity (Wildman–Crippen MR) is 105 cm³/mol. The fourth-order valence-corrected chi connectivity index (χ4v) is 2.82. The molecule has 3 heterocycles. The van der Waals surface area contributed by atoms with E-state index in [0.29, 0.717) is 11.6 Å². The maximum atomic E-state index is 12.1. The molecule has 0 bridgehead atoms. The van der Waals surface area contributed by atoms with Gasteiger partial charge in [0.25, 0.3) is 0 Å². The zero-order valence-electron chi connectivity index (χ0n) is 14.3. The second kappa shape index (κ2) is 7.47. The molecule has 0 aliphatic heterocycles. The molecule has 134 valence electrons. The van der Waals surface area contributed by atoms with Gasteiger partial charge in [-0.3, -0.25) is 4.79 Å². The third kappa shape index (κ3) is 4.07. The summed E-state index contributed by atoms with van der Waals surface area (Å²) < 4.78 is 3.59. The van der Waals surface area contributed by atoms with E-state index in [2.05, 4.69) is 15.4 Å². The standard InChI is InChI=1S/C20H16ClN5O/c21-16-7-8-19-24-17(14-25(19)13-16)11-22-20(27)9-6-15-10-23-26(12-15)18-4-2-1-3-5-18/h1-10,12-14H,11H2,(H,22,27)/b9-6+. The molecule has 0 unspecified atom stereocenters. The molecular weight excluding hydrogens is 362 g/mol. The highest BCUT2D eigenvalue weighted by Crippen LogP contribution is 2.12. The van der Waals surface area contributed by atoms with E-state index >= 15 is 0 Å². The number of nitrogens with one attached hydrogen (secondary N) is 1. The van der Waals surface area contributed by atoms with Crippen LogP contribution < -0.4 is 5.32 Å². The maximum Gasteiger partial charge on any atom is 0.244 e. The van der Waals surface area contributed by atoms with Crippen molar-refractivity contribution in [3.05, 3.63) is 89.6 Å². The van der Waals surface area contributed by atoms with Gasteiger partial charge in [-0.2, -0.15) is 5.10 Å². The lowest BCUT2D eigenvalue weighted by Crippen LogP contribution is -2.20. The second-order valence-electron chi connectivity index (χ2n) is 5.95. The molecule has 7 heteroatoms. The van der Waals surface area contributed by atoms with Gasteiger partial charge in [0, 0.05) is 30.2 Å². The Bertz CT molecular complexity index is 1110. The Balaban J connectivity index is 1.36. The van der Waals surface area contributed by atoms with Crippen molar-refractivity contribution in [1.29, 1.82) is 0 Å². The average Bonchev–Trinajstić information content (AvgIpc) is 3.32. The Morgan fingerprint density at radius 3 is 2.81 bits per heavy atom. The number of pyridine rings is 1. The number of rotatable bonds is 5. The fourth-order valence-electron chi connectivity index (χ4n) is 2.66. The van der Waals surface area contributed by atoms with Crippen LogP contribution in [0.25, 0.3) is 17.4 Å². The Morgan fingerprint density at radius 1 is 1.11 bits per heavy atom. The van der Waals surface area contributed by atoms with Crippen molar-refractivity contribution in [1.82, 2.24) is 24.5 Å². The van der Waals surface area contributed by atoms with Crippen molar-refractivity contribution < 1.29 is 4.79 Å². The Hall–Kier alpha value is -3.38. The van der Waals surface area contributed by atoms with Crippen molar-refractivity contribution in [2.45, 2.75) is 6.54 Å². The number of carbonyl (C=O) groups is 1. The Kier molecular flexibility index (Phi) is 4.72. The molecule has 27 heavy (non-hydrogen) atoms. The van der Waals surface area contributed by atoms with Crippen molar-refractivity contribution in [2.75, 3.05) is 0 Å². The van der Waals surface area contributed by atoms with E-state index in [4.69, 9.17) is 11.6 Å². The average molecular weight is 378 g/mol. The smallest absolute Gasteiger partial charge is 0.244 e. The van der Waals surface area contributed by atoms with Crippen LogP contribution in [0.4, 0.5) is 0 Å². The van der Waals surface area contributed by atoms with Gasteiger partial charge in [0.15, 0.2) is 0 Å². The molecule has 4 rings (SSSR count). The molecule has 0 aliphatic carbocycles. The van der Waals surface area contributed by atoms with E-state index in [9.17, 15) is 4.79 Å². The molecule has 0 aliphatic rings. The lowest BCUT2D eigenvalue weighted by Gasteiger charge is -1.98. The molecule has 3 aromatic heterocycles. The molecule has 0 saturated carbocycles. The number of fused-ring (bicyclic) bond motifs is 1. The number of aromatic nitrogens is 4. The number of halogens is 1.